The fourth-order valence-electron chi connectivity index (χ4n) is 1.97. The number of carbonyl (C=O) groups excluding carboxylic acids is 1. The van der Waals surface area contributed by atoms with Crippen molar-refractivity contribution in [2.75, 3.05) is 19.7 Å². The number of likely N-dealkylation sites (tertiary alicyclic amines) is 1. The normalized spacial score (nSPS) is 17.9. The number of esters is 1. The first kappa shape index (κ1) is 13.5. The predicted octanol–water partition coefficient (Wildman–Crippen LogP) is 1.28. The van der Waals surface area contributed by atoms with E-state index in [-0.39, 0.29) is 12.1 Å². The zero-order valence-electron chi connectivity index (χ0n) is 10.5. The first-order valence-corrected chi connectivity index (χ1v) is 7.09. The van der Waals surface area contributed by atoms with Gasteiger partial charge >= 0.3 is 5.97 Å². The van der Waals surface area contributed by atoms with E-state index in [9.17, 15) is 9.90 Å². The lowest BCUT2D eigenvalue weighted by atomic mass is 10.1. The molecule has 1 saturated heterocycles. The molecule has 2 rings (SSSR count). The van der Waals surface area contributed by atoms with Crippen LogP contribution in [-0.4, -0.2) is 46.8 Å². The molecule has 0 unspecified atom stereocenters. The van der Waals surface area contributed by atoms with Crippen LogP contribution >= 0.6 is 11.3 Å². The topological polar surface area (TPSA) is 62.7 Å². The Hall–Kier alpha value is -0.980. The van der Waals surface area contributed by atoms with Gasteiger partial charge in [-0.3, -0.25) is 4.90 Å². The number of aromatic nitrogens is 1. The summed E-state index contributed by atoms with van der Waals surface area (Å²) >= 11 is 1.33. The summed E-state index contributed by atoms with van der Waals surface area (Å²) < 4.78 is 4.91. The number of carbonyl (C=O) groups is 1. The molecule has 1 aliphatic rings. The lowest BCUT2D eigenvalue weighted by molar-refractivity contribution is 0.0525. The molecular weight excluding hydrogens is 252 g/mol. The van der Waals surface area contributed by atoms with Gasteiger partial charge in [-0.2, -0.15) is 0 Å². The average Bonchev–Trinajstić information content (AvgIpc) is 2.81. The molecule has 0 amide bonds. The predicted molar refractivity (Wildman–Crippen MR) is 68.6 cm³/mol. The van der Waals surface area contributed by atoms with Crippen LogP contribution in [0.15, 0.2) is 5.38 Å². The molecule has 0 atom stereocenters. The van der Waals surface area contributed by atoms with Crippen molar-refractivity contribution in [2.24, 2.45) is 0 Å². The summed E-state index contributed by atoms with van der Waals surface area (Å²) in [6.45, 7) is 4.66. The fourth-order valence-corrected chi connectivity index (χ4v) is 2.67. The Morgan fingerprint density at radius 3 is 3.00 bits per heavy atom. The summed E-state index contributed by atoms with van der Waals surface area (Å²) in [4.78, 5) is 18.0. The second-order valence-electron chi connectivity index (χ2n) is 4.37. The van der Waals surface area contributed by atoms with Crippen LogP contribution < -0.4 is 0 Å². The molecule has 1 aromatic rings. The molecule has 0 aromatic carbocycles. The number of rotatable bonds is 4. The lowest BCUT2D eigenvalue weighted by Crippen LogP contribution is -2.35. The largest absolute Gasteiger partial charge is 0.461 e. The highest BCUT2D eigenvalue weighted by atomic mass is 32.1. The average molecular weight is 270 g/mol. The zero-order chi connectivity index (χ0) is 13.0. The molecule has 0 radical (unpaired) electrons. The maximum Gasteiger partial charge on any atom is 0.367 e. The smallest absolute Gasteiger partial charge is 0.367 e. The fraction of sp³-hybridized carbons (Fsp3) is 0.667. The van der Waals surface area contributed by atoms with Crippen molar-refractivity contribution in [2.45, 2.75) is 32.4 Å². The second-order valence-corrected chi connectivity index (χ2v) is 5.23. The third-order valence-electron chi connectivity index (χ3n) is 2.94. The van der Waals surface area contributed by atoms with Gasteiger partial charge in [-0.05, 0) is 19.8 Å². The van der Waals surface area contributed by atoms with Crippen molar-refractivity contribution in [3.05, 3.63) is 16.1 Å². The summed E-state index contributed by atoms with van der Waals surface area (Å²) in [5, 5.41) is 11.7. The second kappa shape index (κ2) is 6.26. The van der Waals surface area contributed by atoms with Gasteiger partial charge in [0.25, 0.3) is 0 Å². The van der Waals surface area contributed by atoms with Gasteiger partial charge in [0.2, 0.25) is 5.01 Å². The van der Waals surface area contributed by atoms with E-state index in [1.54, 1.807) is 6.92 Å². The highest BCUT2D eigenvalue weighted by molar-refractivity contribution is 7.11. The molecule has 1 aromatic heterocycles. The minimum absolute atomic E-state index is 0.160. The number of hydrogen-bond donors (Lipinski definition) is 1. The summed E-state index contributed by atoms with van der Waals surface area (Å²) in [5.41, 5.74) is 0.902. The summed E-state index contributed by atoms with van der Waals surface area (Å²) in [5.74, 6) is -0.345. The van der Waals surface area contributed by atoms with Gasteiger partial charge in [0, 0.05) is 25.0 Å². The molecule has 5 nitrogen and oxygen atoms in total. The summed E-state index contributed by atoms with van der Waals surface area (Å²) in [6, 6.07) is 0. The van der Waals surface area contributed by atoms with Crippen molar-refractivity contribution < 1.29 is 14.6 Å². The molecule has 2 heterocycles. The van der Waals surface area contributed by atoms with Crippen LogP contribution in [0.2, 0.25) is 0 Å². The van der Waals surface area contributed by atoms with Crippen molar-refractivity contribution in [1.29, 1.82) is 0 Å². The lowest BCUT2D eigenvalue weighted by Gasteiger charge is -2.28. The quantitative estimate of drug-likeness (QED) is 0.835. The Morgan fingerprint density at radius 2 is 2.33 bits per heavy atom. The van der Waals surface area contributed by atoms with Crippen LogP contribution in [0.3, 0.4) is 0 Å². The molecule has 1 fully saturated rings. The Labute approximate surface area is 110 Å². The Kier molecular flexibility index (Phi) is 4.68. The minimum Gasteiger partial charge on any atom is -0.461 e. The first-order valence-electron chi connectivity index (χ1n) is 6.21. The van der Waals surface area contributed by atoms with Crippen LogP contribution in [0.4, 0.5) is 0 Å². The molecule has 0 spiro atoms. The number of hydrogen-bond acceptors (Lipinski definition) is 6. The molecule has 18 heavy (non-hydrogen) atoms. The van der Waals surface area contributed by atoms with Crippen molar-refractivity contribution in [1.82, 2.24) is 9.88 Å². The third-order valence-corrected chi connectivity index (χ3v) is 3.82. The molecular formula is C12H18N2O3S. The Morgan fingerprint density at radius 1 is 1.61 bits per heavy atom. The maximum absolute atomic E-state index is 11.5. The molecule has 0 bridgehead atoms. The van der Waals surface area contributed by atoms with Crippen molar-refractivity contribution in [3.8, 4) is 0 Å². The van der Waals surface area contributed by atoms with Gasteiger partial charge in [-0.25, -0.2) is 9.78 Å². The van der Waals surface area contributed by atoms with Gasteiger partial charge in [0.05, 0.1) is 18.4 Å². The van der Waals surface area contributed by atoms with Crippen LogP contribution in [-0.2, 0) is 11.3 Å². The monoisotopic (exact) mass is 270 g/mol. The van der Waals surface area contributed by atoms with Crippen LogP contribution in [0, 0.1) is 0 Å². The number of aliphatic hydroxyl groups is 1. The number of thiazole rings is 1. The van der Waals surface area contributed by atoms with Crippen molar-refractivity contribution >= 4 is 17.3 Å². The van der Waals surface area contributed by atoms with E-state index < -0.39 is 0 Å². The highest BCUT2D eigenvalue weighted by Gasteiger charge is 2.19. The molecule has 0 saturated carbocycles. The molecule has 0 aliphatic carbocycles. The van der Waals surface area contributed by atoms with E-state index in [1.807, 2.05) is 5.38 Å². The van der Waals surface area contributed by atoms with E-state index >= 15 is 0 Å². The summed E-state index contributed by atoms with van der Waals surface area (Å²) in [6.07, 6.45) is 1.47. The maximum atomic E-state index is 11.5. The Balaban J connectivity index is 1.88. The molecule has 1 N–H and O–H groups in total. The van der Waals surface area contributed by atoms with Gasteiger partial charge < -0.3 is 9.84 Å². The number of aliphatic hydroxyl groups excluding tert-OH is 1. The SMILES string of the molecule is CCOC(=O)c1nc(CN2CCC(O)CC2)cs1. The highest BCUT2D eigenvalue weighted by Crippen LogP contribution is 2.16. The van der Waals surface area contributed by atoms with E-state index in [1.165, 1.54) is 11.3 Å². The molecule has 6 heteroatoms. The minimum atomic E-state index is -0.345. The third kappa shape index (κ3) is 3.51. The van der Waals surface area contributed by atoms with Crippen LogP contribution in [0.5, 0.6) is 0 Å². The van der Waals surface area contributed by atoms with E-state index in [0.29, 0.717) is 11.6 Å². The molecule has 1 aliphatic heterocycles. The van der Waals surface area contributed by atoms with Gasteiger partial charge in [0.15, 0.2) is 0 Å². The summed E-state index contributed by atoms with van der Waals surface area (Å²) in [7, 11) is 0. The van der Waals surface area contributed by atoms with E-state index in [0.717, 1.165) is 38.2 Å². The van der Waals surface area contributed by atoms with E-state index in [4.69, 9.17) is 4.74 Å². The number of ether oxygens (including phenoxy) is 1. The number of piperidine rings is 1. The zero-order valence-corrected chi connectivity index (χ0v) is 11.3. The van der Waals surface area contributed by atoms with Gasteiger partial charge in [-0.1, -0.05) is 0 Å². The van der Waals surface area contributed by atoms with Gasteiger partial charge in [0.1, 0.15) is 0 Å². The Bertz CT molecular complexity index is 400. The molecule has 100 valence electrons. The van der Waals surface area contributed by atoms with Gasteiger partial charge in [-0.15, -0.1) is 11.3 Å². The van der Waals surface area contributed by atoms with E-state index in [2.05, 4.69) is 9.88 Å². The van der Waals surface area contributed by atoms with Crippen molar-refractivity contribution in [3.63, 3.8) is 0 Å². The first-order chi connectivity index (χ1) is 8.69. The standard InChI is InChI=1S/C12H18N2O3S/c1-2-17-12(16)11-13-9(8-18-11)7-14-5-3-10(15)4-6-14/h8,10,15H,2-7H2,1H3. The van der Waals surface area contributed by atoms with Crippen LogP contribution in [0.1, 0.15) is 35.3 Å². The van der Waals surface area contributed by atoms with Crippen LogP contribution in [0.25, 0.3) is 0 Å². The number of nitrogens with zero attached hydrogens (tertiary/aromatic N) is 2.